The van der Waals surface area contributed by atoms with Gasteiger partial charge < -0.3 is 5.32 Å². The summed E-state index contributed by atoms with van der Waals surface area (Å²) < 4.78 is 2.33. The van der Waals surface area contributed by atoms with E-state index < -0.39 is 0 Å². The van der Waals surface area contributed by atoms with Gasteiger partial charge in [0, 0.05) is 17.6 Å². The number of rotatable bonds is 2. The van der Waals surface area contributed by atoms with Crippen LogP contribution in [0.25, 0.3) is 0 Å². The maximum Gasteiger partial charge on any atom is 0.259 e. The Morgan fingerprint density at radius 2 is 2.11 bits per heavy atom. The Labute approximate surface area is 124 Å². The van der Waals surface area contributed by atoms with Crippen LogP contribution in [0, 0.1) is 13.8 Å². The minimum absolute atomic E-state index is 0.178. The van der Waals surface area contributed by atoms with Gasteiger partial charge in [0.05, 0.1) is 17.0 Å². The monoisotopic (exact) mass is 342 g/mol. The molecular weight excluding hydrogens is 332 g/mol. The standard InChI is InChI=1S/C12H12BrClN4O/c1-6-4-10(18(3)17-6)16-12(19)8-5-9(13)7(2)15-11(8)14/h4-5H,1-3H3,(H,16,19). The molecule has 0 aromatic carbocycles. The zero-order chi connectivity index (χ0) is 14.2. The number of nitrogens with one attached hydrogen (secondary N) is 1. The van der Waals surface area contributed by atoms with Gasteiger partial charge in [-0.3, -0.25) is 9.48 Å². The third kappa shape index (κ3) is 2.96. The predicted molar refractivity (Wildman–Crippen MR) is 77.6 cm³/mol. The van der Waals surface area contributed by atoms with Crippen molar-refractivity contribution in [3.05, 3.63) is 38.7 Å². The molecule has 0 aliphatic rings. The smallest absolute Gasteiger partial charge is 0.259 e. The molecule has 100 valence electrons. The third-order valence-corrected chi connectivity index (χ3v) is 3.68. The summed E-state index contributed by atoms with van der Waals surface area (Å²) in [6.07, 6.45) is 0. The van der Waals surface area contributed by atoms with Crippen molar-refractivity contribution in [1.82, 2.24) is 14.8 Å². The highest BCUT2D eigenvalue weighted by Gasteiger charge is 2.15. The number of halogens is 2. The number of hydrogen-bond donors (Lipinski definition) is 1. The van der Waals surface area contributed by atoms with Gasteiger partial charge in [-0.25, -0.2) is 4.98 Å². The van der Waals surface area contributed by atoms with E-state index in [1.807, 2.05) is 13.8 Å². The fourth-order valence-electron chi connectivity index (χ4n) is 1.62. The molecule has 1 amide bonds. The van der Waals surface area contributed by atoms with Crippen molar-refractivity contribution in [2.24, 2.45) is 7.05 Å². The van der Waals surface area contributed by atoms with E-state index in [-0.39, 0.29) is 11.1 Å². The Hall–Kier alpha value is -1.40. The SMILES string of the molecule is Cc1cc(NC(=O)c2cc(Br)c(C)nc2Cl)n(C)n1. The summed E-state index contributed by atoms with van der Waals surface area (Å²) in [5, 5.41) is 7.08. The Morgan fingerprint density at radius 1 is 1.42 bits per heavy atom. The Bertz CT molecular complexity index is 653. The minimum atomic E-state index is -0.318. The lowest BCUT2D eigenvalue weighted by Gasteiger charge is -2.08. The first kappa shape index (κ1) is 14.0. The molecule has 0 radical (unpaired) electrons. The maximum absolute atomic E-state index is 12.2. The lowest BCUT2D eigenvalue weighted by molar-refractivity contribution is 0.102. The van der Waals surface area contributed by atoms with E-state index in [4.69, 9.17) is 11.6 Å². The van der Waals surface area contributed by atoms with Gasteiger partial charge in [0.2, 0.25) is 0 Å². The predicted octanol–water partition coefficient (Wildman–Crippen LogP) is 3.10. The van der Waals surface area contributed by atoms with Crippen molar-refractivity contribution in [3.63, 3.8) is 0 Å². The summed E-state index contributed by atoms with van der Waals surface area (Å²) in [6.45, 7) is 3.66. The quantitative estimate of drug-likeness (QED) is 0.852. The zero-order valence-corrected chi connectivity index (χ0v) is 13.0. The lowest BCUT2D eigenvalue weighted by Crippen LogP contribution is -2.15. The van der Waals surface area contributed by atoms with Gasteiger partial charge in [-0.15, -0.1) is 0 Å². The van der Waals surface area contributed by atoms with Crippen LogP contribution in [0.1, 0.15) is 21.7 Å². The van der Waals surface area contributed by atoms with E-state index in [2.05, 4.69) is 31.3 Å². The van der Waals surface area contributed by atoms with Gasteiger partial charge >= 0.3 is 0 Å². The van der Waals surface area contributed by atoms with E-state index in [9.17, 15) is 4.79 Å². The number of aryl methyl sites for hydroxylation is 3. The van der Waals surface area contributed by atoms with Crippen molar-refractivity contribution in [2.45, 2.75) is 13.8 Å². The molecule has 2 aromatic rings. The Morgan fingerprint density at radius 3 is 2.68 bits per heavy atom. The van der Waals surface area contributed by atoms with Gasteiger partial charge in [-0.1, -0.05) is 11.6 Å². The first-order valence-corrected chi connectivity index (χ1v) is 6.70. The molecule has 0 saturated heterocycles. The van der Waals surface area contributed by atoms with Gasteiger partial charge in [-0.2, -0.15) is 5.10 Å². The van der Waals surface area contributed by atoms with Crippen molar-refractivity contribution in [2.75, 3.05) is 5.32 Å². The Kier molecular flexibility index (Phi) is 3.91. The van der Waals surface area contributed by atoms with Crippen molar-refractivity contribution in [3.8, 4) is 0 Å². The van der Waals surface area contributed by atoms with E-state index in [1.165, 1.54) is 0 Å². The summed E-state index contributed by atoms with van der Waals surface area (Å²) in [5.41, 5.74) is 1.88. The summed E-state index contributed by atoms with van der Waals surface area (Å²) in [6, 6.07) is 3.44. The summed E-state index contributed by atoms with van der Waals surface area (Å²) in [7, 11) is 1.76. The first-order valence-electron chi connectivity index (χ1n) is 5.53. The molecule has 19 heavy (non-hydrogen) atoms. The maximum atomic E-state index is 12.2. The molecule has 2 rings (SSSR count). The number of carbonyl (C=O) groups is 1. The second-order valence-electron chi connectivity index (χ2n) is 4.14. The van der Waals surface area contributed by atoms with Crippen LogP contribution in [0.5, 0.6) is 0 Å². The van der Waals surface area contributed by atoms with E-state index in [1.54, 1.807) is 23.9 Å². The van der Waals surface area contributed by atoms with Crippen LogP contribution in [0.3, 0.4) is 0 Å². The second kappa shape index (κ2) is 5.30. The molecule has 0 atom stereocenters. The van der Waals surface area contributed by atoms with E-state index >= 15 is 0 Å². The molecule has 0 spiro atoms. The topological polar surface area (TPSA) is 59.8 Å². The molecule has 0 aliphatic carbocycles. The lowest BCUT2D eigenvalue weighted by atomic mass is 10.2. The van der Waals surface area contributed by atoms with Gasteiger partial charge in [0.25, 0.3) is 5.91 Å². The van der Waals surface area contributed by atoms with Crippen molar-refractivity contribution in [1.29, 1.82) is 0 Å². The first-order chi connectivity index (χ1) is 8.88. The fraction of sp³-hybridized carbons (Fsp3) is 0.250. The highest BCUT2D eigenvalue weighted by atomic mass is 79.9. The van der Waals surface area contributed by atoms with Gasteiger partial charge in [0.15, 0.2) is 0 Å². The van der Waals surface area contributed by atoms with E-state index in [0.717, 1.165) is 15.9 Å². The van der Waals surface area contributed by atoms with Crippen LogP contribution < -0.4 is 5.32 Å². The highest BCUT2D eigenvalue weighted by Crippen LogP contribution is 2.22. The summed E-state index contributed by atoms with van der Waals surface area (Å²) >= 11 is 9.33. The Balaban J connectivity index is 2.30. The molecule has 0 saturated carbocycles. The van der Waals surface area contributed by atoms with Gasteiger partial charge in [0.1, 0.15) is 11.0 Å². The third-order valence-electron chi connectivity index (χ3n) is 2.59. The molecule has 0 unspecified atom stereocenters. The molecule has 1 N–H and O–H groups in total. The minimum Gasteiger partial charge on any atom is -0.307 e. The van der Waals surface area contributed by atoms with Crippen LogP contribution >= 0.6 is 27.5 Å². The molecule has 0 bridgehead atoms. The number of aromatic nitrogens is 3. The number of carbonyl (C=O) groups excluding carboxylic acids is 1. The van der Waals surface area contributed by atoms with Crippen LogP contribution in [-0.2, 0) is 7.05 Å². The number of anilines is 1. The van der Waals surface area contributed by atoms with Gasteiger partial charge in [-0.05, 0) is 35.8 Å². The molecule has 0 fully saturated rings. The molecule has 7 heteroatoms. The van der Waals surface area contributed by atoms with Crippen molar-refractivity contribution < 1.29 is 4.79 Å². The van der Waals surface area contributed by atoms with Crippen LogP contribution in [-0.4, -0.2) is 20.7 Å². The van der Waals surface area contributed by atoms with Crippen LogP contribution in [0.4, 0.5) is 5.82 Å². The number of pyridine rings is 1. The fourth-order valence-corrected chi connectivity index (χ4v) is 2.21. The summed E-state index contributed by atoms with van der Waals surface area (Å²) in [5.74, 6) is 0.288. The second-order valence-corrected chi connectivity index (χ2v) is 5.36. The molecular formula is C12H12BrClN4O. The zero-order valence-electron chi connectivity index (χ0n) is 10.7. The molecule has 5 nitrogen and oxygen atoms in total. The highest BCUT2D eigenvalue weighted by molar-refractivity contribution is 9.10. The van der Waals surface area contributed by atoms with Crippen LogP contribution in [0.2, 0.25) is 5.15 Å². The normalized spacial score (nSPS) is 10.6. The number of nitrogens with zero attached hydrogens (tertiary/aromatic N) is 3. The number of amides is 1. The molecule has 2 heterocycles. The van der Waals surface area contributed by atoms with E-state index in [0.29, 0.717) is 11.4 Å². The average molecular weight is 344 g/mol. The van der Waals surface area contributed by atoms with Crippen LogP contribution in [0.15, 0.2) is 16.6 Å². The largest absolute Gasteiger partial charge is 0.307 e. The number of hydrogen-bond acceptors (Lipinski definition) is 3. The average Bonchev–Trinajstić information content (AvgIpc) is 2.62. The molecule has 0 aliphatic heterocycles. The van der Waals surface area contributed by atoms with Crippen molar-refractivity contribution >= 4 is 39.3 Å². The summed E-state index contributed by atoms with van der Waals surface area (Å²) in [4.78, 5) is 16.3. The molecule has 2 aromatic heterocycles.